The van der Waals surface area contributed by atoms with E-state index in [1.807, 2.05) is 6.26 Å². The number of sulfonamides is 1. The highest BCUT2D eigenvalue weighted by Gasteiger charge is 2.34. The molecule has 0 aromatic heterocycles. The van der Waals surface area contributed by atoms with Gasteiger partial charge in [-0.25, -0.2) is 13.2 Å². The molecule has 31 heavy (non-hydrogen) atoms. The second-order valence-electron chi connectivity index (χ2n) is 7.35. The smallest absolute Gasteiger partial charge is 0.328 e. The topological polar surface area (TPSA) is 111 Å². The predicted molar refractivity (Wildman–Crippen MR) is 116 cm³/mol. The van der Waals surface area contributed by atoms with E-state index in [0.717, 1.165) is 0 Å². The Balaban J connectivity index is 1.60. The molecule has 11 heteroatoms. The SMILES string of the molecule is COC(=O)C(CCSC)NC(=O)C1CCN(S(=O)(=O)c2ccc3c(c2)OCCO3)CC1. The summed E-state index contributed by atoms with van der Waals surface area (Å²) < 4.78 is 43.2. The van der Waals surface area contributed by atoms with Gasteiger partial charge < -0.3 is 19.5 Å². The normalized spacial score (nSPS) is 18.3. The third-order valence-electron chi connectivity index (χ3n) is 5.39. The summed E-state index contributed by atoms with van der Waals surface area (Å²) in [5.74, 6) is 0.594. The molecule has 172 valence electrons. The second kappa shape index (κ2) is 10.6. The Kier molecular flexibility index (Phi) is 8.06. The molecule has 1 atom stereocenters. The molecule has 0 radical (unpaired) electrons. The number of esters is 1. The van der Waals surface area contributed by atoms with Gasteiger partial charge in [-0.15, -0.1) is 0 Å². The molecular weight excluding hydrogens is 444 g/mol. The predicted octanol–water partition coefficient (Wildman–Crippen LogP) is 1.27. The van der Waals surface area contributed by atoms with Gasteiger partial charge in [0.1, 0.15) is 19.3 Å². The maximum Gasteiger partial charge on any atom is 0.328 e. The van der Waals surface area contributed by atoms with Crippen molar-refractivity contribution in [3.05, 3.63) is 18.2 Å². The Labute approximate surface area is 186 Å². The average Bonchev–Trinajstić information content (AvgIpc) is 2.80. The van der Waals surface area contributed by atoms with E-state index >= 15 is 0 Å². The van der Waals surface area contributed by atoms with Crippen LogP contribution < -0.4 is 14.8 Å². The Morgan fingerprint density at radius 3 is 2.55 bits per heavy atom. The molecule has 1 N–H and O–H groups in total. The van der Waals surface area contributed by atoms with Crippen molar-refractivity contribution < 1.29 is 32.2 Å². The van der Waals surface area contributed by atoms with E-state index in [0.29, 0.717) is 49.7 Å². The molecule has 0 bridgehead atoms. The molecule has 1 saturated heterocycles. The Hall–Kier alpha value is -1.98. The molecule has 1 fully saturated rings. The van der Waals surface area contributed by atoms with Crippen LogP contribution in [0.1, 0.15) is 19.3 Å². The molecular formula is C20H28N2O7S2. The minimum absolute atomic E-state index is 0.141. The molecule has 1 aromatic carbocycles. The zero-order chi connectivity index (χ0) is 22.4. The molecule has 9 nitrogen and oxygen atoms in total. The van der Waals surface area contributed by atoms with Gasteiger partial charge in [0.05, 0.1) is 12.0 Å². The van der Waals surface area contributed by atoms with Crippen LogP contribution >= 0.6 is 11.8 Å². The van der Waals surface area contributed by atoms with Crippen molar-refractivity contribution in [2.24, 2.45) is 5.92 Å². The summed E-state index contributed by atoms with van der Waals surface area (Å²) in [6.45, 7) is 1.26. The minimum Gasteiger partial charge on any atom is -0.486 e. The first-order chi connectivity index (χ1) is 14.9. The van der Waals surface area contributed by atoms with Crippen LogP contribution in [0.25, 0.3) is 0 Å². The summed E-state index contributed by atoms with van der Waals surface area (Å²) in [7, 11) is -2.41. The lowest BCUT2D eigenvalue weighted by Crippen LogP contribution is -2.48. The second-order valence-corrected chi connectivity index (χ2v) is 10.3. The van der Waals surface area contributed by atoms with Crippen molar-refractivity contribution in [2.75, 3.05) is 45.4 Å². The molecule has 1 aromatic rings. The first kappa shape index (κ1) is 23.7. The molecule has 0 saturated carbocycles. The summed E-state index contributed by atoms with van der Waals surface area (Å²) in [5, 5.41) is 2.77. The van der Waals surface area contributed by atoms with Crippen molar-refractivity contribution in [3.8, 4) is 11.5 Å². The van der Waals surface area contributed by atoms with Gasteiger partial charge in [-0.1, -0.05) is 0 Å². The number of piperidine rings is 1. The Morgan fingerprint density at radius 2 is 1.90 bits per heavy atom. The molecule has 1 unspecified atom stereocenters. The van der Waals surface area contributed by atoms with Gasteiger partial charge in [-0.3, -0.25) is 4.79 Å². The van der Waals surface area contributed by atoms with E-state index in [1.54, 1.807) is 17.8 Å². The fourth-order valence-electron chi connectivity index (χ4n) is 3.61. The van der Waals surface area contributed by atoms with E-state index in [9.17, 15) is 18.0 Å². The number of carbonyl (C=O) groups is 2. The maximum atomic E-state index is 13.0. The standard InChI is InChI=1S/C20H28N2O7S2/c1-27-20(24)16(7-12-30-2)21-19(23)14-5-8-22(9-6-14)31(25,26)15-3-4-17-18(13-15)29-11-10-28-17/h3-4,13-14,16H,5-12H2,1-2H3,(H,21,23). The monoisotopic (exact) mass is 472 g/mol. The third-order valence-corrected chi connectivity index (χ3v) is 7.93. The van der Waals surface area contributed by atoms with Gasteiger partial charge in [-0.05, 0) is 43.4 Å². The van der Waals surface area contributed by atoms with Crippen LogP contribution in [0.5, 0.6) is 11.5 Å². The van der Waals surface area contributed by atoms with E-state index in [2.05, 4.69) is 5.32 Å². The highest BCUT2D eigenvalue weighted by molar-refractivity contribution is 7.98. The van der Waals surface area contributed by atoms with E-state index in [-0.39, 0.29) is 29.8 Å². The van der Waals surface area contributed by atoms with Crippen LogP contribution in [0.15, 0.2) is 23.1 Å². The van der Waals surface area contributed by atoms with Crippen LogP contribution in [0.4, 0.5) is 0 Å². The van der Waals surface area contributed by atoms with Gasteiger partial charge >= 0.3 is 5.97 Å². The van der Waals surface area contributed by atoms with Crippen LogP contribution in [0.3, 0.4) is 0 Å². The fraction of sp³-hybridized carbons (Fsp3) is 0.600. The summed E-state index contributed by atoms with van der Waals surface area (Å²) in [4.78, 5) is 24.7. The van der Waals surface area contributed by atoms with Crippen LogP contribution in [0.2, 0.25) is 0 Å². The summed E-state index contributed by atoms with van der Waals surface area (Å²) in [5.41, 5.74) is 0. The van der Waals surface area contributed by atoms with Crippen molar-refractivity contribution in [3.63, 3.8) is 0 Å². The highest BCUT2D eigenvalue weighted by Crippen LogP contribution is 2.34. The largest absolute Gasteiger partial charge is 0.486 e. The molecule has 0 spiro atoms. The molecule has 2 heterocycles. The van der Waals surface area contributed by atoms with Gasteiger partial charge in [0.25, 0.3) is 0 Å². The quantitative estimate of drug-likeness (QED) is 0.563. The number of benzene rings is 1. The van der Waals surface area contributed by atoms with Gasteiger partial charge in [-0.2, -0.15) is 16.1 Å². The number of thioether (sulfide) groups is 1. The number of methoxy groups -OCH3 is 1. The number of amides is 1. The summed E-state index contributed by atoms with van der Waals surface area (Å²) >= 11 is 1.58. The number of carbonyl (C=O) groups excluding carboxylic acids is 2. The number of ether oxygens (including phenoxy) is 3. The van der Waals surface area contributed by atoms with Crippen LogP contribution in [0, 0.1) is 5.92 Å². The number of nitrogens with zero attached hydrogens (tertiary/aromatic N) is 1. The number of hydrogen-bond acceptors (Lipinski definition) is 8. The summed E-state index contributed by atoms with van der Waals surface area (Å²) in [6, 6.07) is 3.90. The fourth-order valence-corrected chi connectivity index (χ4v) is 5.57. The first-order valence-electron chi connectivity index (χ1n) is 10.1. The number of fused-ring (bicyclic) bond motifs is 1. The number of rotatable bonds is 8. The molecule has 2 aliphatic rings. The van der Waals surface area contributed by atoms with E-state index < -0.39 is 22.0 Å². The molecule has 3 rings (SSSR count). The van der Waals surface area contributed by atoms with Gasteiger partial charge in [0.2, 0.25) is 15.9 Å². The van der Waals surface area contributed by atoms with E-state index in [1.165, 1.54) is 23.5 Å². The average molecular weight is 473 g/mol. The van der Waals surface area contributed by atoms with Crippen LogP contribution in [-0.4, -0.2) is 76.1 Å². The Bertz CT molecular complexity index is 899. The Morgan fingerprint density at radius 1 is 1.23 bits per heavy atom. The summed E-state index contributed by atoms with van der Waals surface area (Å²) in [6.07, 6.45) is 3.17. The van der Waals surface area contributed by atoms with Gasteiger partial charge in [0.15, 0.2) is 11.5 Å². The highest BCUT2D eigenvalue weighted by atomic mass is 32.2. The van der Waals surface area contributed by atoms with E-state index in [4.69, 9.17) is 14.2 Å². The minimum atomic E-state index is -3.71. The lowest BCUT2D eigenvalue weighted by molar-refractivity contribution is -0.145. The number of hydrogen-bond donors (Lipinski definition) is 1. The lowest BCUT2D eigenvalue weighted by Gasteiger charge is -2.31. The van der Waals surface area contributed by atoms with Crippen molar-refractivity contribution in [2.45, 2.75) is 30.2 Å². The van der Waals surface area contributed by atoms with Gasteiger partial charge in [0, 0.05) is 25.1 Å². The van der Waals surface area contributed by atoms with Crippen molar-refractivity contribution >= 4 is 33.7 Å². The van der Waals surface area contributed by atoms with Crippen LogP contribution in [-0.2, 0) is 24.3 Å². The molecule has 1 amide bonds. The first-order valence-corrected chi connectivity index (χ1v) is 13.0. The lowest BCUT2D eigenvalue weighted by atomic mass is 9.96. The third kappa shape index (κ3) is 5.64. The zero-order valence-electron chi connectivity index (χ0n) is 17.7. The van der Waals surface area contributed by atoms with Crippen molar-refractivity contribution in [1.82, 2.24) is 9.62 Å². The zero-order valence-corrected chi connectivity index (χ0v) is 19.3. The molecule has 2 aliphatic heterocycles. The molecule has 0 aliphatic carbocycles. The number of nitrogens with one attached hydrogen (secondary N) is 1. The van der Waals surface area contributed by atoms with Crippen molar-refractivity contribution in [1.29, 1.82) is 0 Å². The maximum absolute atomic E-state index is 13.0.